The van der Waals surface area contributed by atoms with Gasteiger partial charge in [-0.1, -0.05) is 13.0 Å². The first-order chi connectivity index (χ1) is 11.8. The van der Waals surface area contributed by atoms with Gasteiger partial charge in [0.1, 0.15) is 9.84 Å². The van der Waals surface area contributed by atoms with Gasteiger partial charge in [-0.25, -0.2) is 18.4 Å². The normalized spacial score (nSPS) is 12.8. The Bertz CT molecular complexity index is 636. The molecule has 0 saturated carbocycles. The first-order valence-electron chi connectivity index (χ1n) is 8.64. The van der Waals surface area contributed by atoms with Crippen molar-refractivity contribution in [2.75, 3.05) is 25.2 Å². The molecule has 1 unspecified atom stereocenters. The van der Waals surface area contributed by atoms with Crippen molar-refractivity contribution < 1.29 is 13.2 Å². The highest BCUT2D eigenvalue weighted by molar-refractivity contribution is 14.0. The highest BCUT2D eigenvalue weighted by atomic mass is 127. The van der Waals surface area contributed by atoms with Crippen LogP contribution < -0.4 is 15.4 Å². The van der Waals surface area contributed by atoms with Crippen molar-refractivity contribution in [1.29, 1.82) is 0 Å². The number of sulfone groups is 1. The van der Waals surface area contributed by atoms with Crippen molar-refractivity contribution in [2.24, 2.45) is 4.99 Å². The average Bonchev–Trinajstić information content (AvgIpc) is 2.56. The Morgan fingerprint density at radius 1 is 1.35 bits per heavy atom. The molecule has 9 heteroatoms. The lowest BCUT2D eigenvalue weighted by Gasteiger charge is -2.17. The summed E-state index contributed by atoms with van der Waals surface area (Å²) in [7, 11) is -2.95. The number of nitrogens with one attached hydrogen (secondary N) is 2. The van der Waals surface area contributed by atoms with Crippen LogP contribution in [0, 0.1) is 0 Å². The number of pyridine rings is 1. The minimum Gasteiger partial charge on any atom is -0.478 e. The molecule has 1 heterocycles. The SMILES string of the molecule is CCCOc1ccc(CN=C(NCC)NC(C)CCS(C)(=O)=O)cn1.I. The maximum absolute atomic E-state index is 11.3. The second-order valence-corrected chi connectivity index (χ2v) is 8.27. The number of rotatable bonds is 10. The highest BCUT2D eigenvalue weighted by Crippen LogP contribution is 2.08. The third-order valence-electron chi connectivity index (χ3n) is 3.32. The zero-order chi connectivity index (χ0) is 18.7. The second kappa shape index (κ2) is 13.1. The fourth-order valence-corrected chi connectivity index (χ4v) is 2.76. The zero-order valence-corrected chi connectivity index (χ0v) is 19.1. The molecule has 150 valence electrons. The smallest absolute Gasteiger partial charge is 0.213 e. The summed E-state index contributed by atoms with van der Waals surface area (Å²) in [6.07, 6.45) is 4.49. The Morgan fingerprint density at radius 3 is 2.62 bits per heavy atom. The van der Waals surface area contributed by atoms with Gasteiger partial charge in [-0.2, -0.15) is 0 Å². The van der Waals surface area contributed by atoms with Crippen LogP contribution in [0.25, 0.3) is 0 Å². The van der Waals surface area contributed by atoms with Gasteiger partial charge in [0.25, 0.3) is 0 Å². The van der Waals surface area contributed by atoms with Gasteiger partial charge in [-0.05, 0) is 32.3 Å². The summed E-state index contributed by atoms with van der Waals surface area (Å²) in [5.74, 6) is 1.44. The Balaban J connectivity index is 0.00000625. The lowest BCUT2D eigenvalue weighted by Crippen LogP contribution is -2.42. The van der Waals surface area contributed by atoms with Crippen LogP contribution in [0.1, 0.15) is 39.2 Å². The highest BCUT2D eigenvalue weighted by Gasteiger charge is 2.09. The van der Waals surface area contributed by atoms with Crippen LogP contribution in [-0.2, 0) is 16.4 Å². The standard InChI is InChI=1S/C17H30N4O3S.HI/c1-5-10-24-16-8-7-15(12-19-16)13-20-17(18-6-2)21-14(3)9-11-25(4,22)23;/h7-8,12,14H,5-6,9-11,13H2,1-4H3,(H2,18,20,21);1H. The Hall–Kier alpha value is -1.10. The first-order valence-corrected chi connectivity index (χ1v) is 10.7. The molecule has 1 aromatic rings. The molecule has 0 aromatic carbocycles. The molecule has 2 N–H and O–H groups in total. The molecule has 26 heavy (non-hydrogen) atoms. The lowest BCUT2D eigenvalue weighted by molar-refractivity contribution is 0.305. The molecule has 1 atom stereocenters. The predicted octanol–water partition coefficient (Wildman–Crippen LogP) is 2.37. The Morgan fingerprint density at radius 2 is 2.08 bits per heavy atom. The fourth-order valence-electron chi connectivity index (χ4n) is 1.98. The van der Waals surface area contributed by atoms with Gasteiger partial charge in [-0.15, -0.1) is 24.0 Å². The Labute approximate surface area is 174 Å². The lowest BCUT2D eigenvalue weighted by atomic mass is 10.2. The van der Waals surface area contributed by atoms with Crippen LogP contribution in [0.4, 0.5) is 0 Å². The number of guanidine groups is 1. The van der Waals surface area contributed by atoms with Crippen LogP contribution >= 0.6 is 24.0 Å². The third kappa shape index (κ3) is 11.5. The first kappa shape index (κ1) is 24.9. The molecule has 0 aliphatic heterocycles. The summed E-state index contributed by atoms with van der Waals surface area (Å²) in [5.41, 5.74) is 0.977. The quantitative estimate of drug-likeness (QED) is 0.293. The van der Waals surface area contributed by atoms with Crippen LogP contribution in [0.2, 0.25) is 0 Å². The number of aliphatic imine (C=N–C) groups is 1. The number of nitrogens with zero attached hydrogens (tertiary/aromatic N) is 2. The van der Waals surface area contributed by atoms with Crippen molar-refractivity contribution in [1.82, 2.24) is 15.6 Å². The molecule has 7 nitrogen and oxygen atoms in total. The van der Waals surface area contributed by atoms with Crippen molar-refractivity contribution in [3.8, 4) is 5.88 Å². The van der Waals surface area contributed by atoms with E-state index in [2.05, 4.69) is 27.5 Å². The molecule has 0 bridgehead atoms. The van der Waals surface area contributed by atoms with Gasteiger partial charge in [0.2, 0.25) is 5.88 Å². The fraction of sp³-hybridized carbons (Fsp3) is 0.647. The molecule has 0 fully saturated rings. The monoisotopic (exact) mass is 498 g/mol. The molecule has 1 rings (SSSR count). The maximum atomic E-state index is 11.3. The van der Waals surface area contributed by atoms with Crippen LogP contribution in [-0.4, -0.2) is 50.6 Å². The molecular formula is C17H31IN4O3S. The van der Waals surface area contributed by atoms with E-state index in [1.54, 1.807) is 6.20 Å². The molecule has 0 amide bonds. The maximum Gasteiger partial charge on any atom is 0.213 e. The van der Waals surface area contributed by atoms with E-state index < -0.39 is 9.84 Å². The summed E-state index contributed by atoms with van der Waals surface area (Å²) < 4.78 is 28.0. The third-order valence-corrected chi connectivity index (χ3v) is 4.30. The number of hydrogen-bond donors (Lipinski definition) is 2. The number of aromatic nitrogens is 1. The van der Waals surface area contributed by atoms with E-state index in [1.807, 2.05) is 26.0 Å². The summed E-state index contributed by atoms with van der Waals surface area (Å²) in [5, 5.41) is 6.39. The molecule has 0 aliphatic rings. The van der Waals surface area contributed by atoms with Crippen molar-refractivity contribution in [2.45, 2.75) is 46.2 Å². The topological polar surface area (TPSA) is 92.7 Å². The molecule has 0 saturated heterocycles. The summed E-state index contributed by atoms with van der Waals surface area (Å²) >= 11 is 0. The molecule has 1 aromatic heterocycles. The van der Waals surface area contributed by atoms with E-state index in [0.29, 0.717) is 31.4 Å². The van der Waals surface area contributed by atoms with E-state index in [0.717, 1.165) is 18.5 Å². The molecule has 0 radical (unpaired) electrons. The second-order valence-electron chi connectivity index (χ2n) is 6.01. The van der Waals surface area contributed by atoms with Crippen LogP contribution in [0.15, 0.2) is 23.3 Å². The van der Waals surface area contributed by atoms with E-state index in [9.17, 15) is 8.42 Å². The van der Waals surface area contributed by atoms with Gasteiger partial charge in [0.15, 0.2) is 5.96 Å². The van der Waals surface area contributed by atoms with E-state index in [1.165, 1.54) is 6.26 Å². The minimum atomic E-state index is -2.95. The van der Waals surface area contributed by atoms with Gasteiger partial charge >= 0.3 is 0 Å². The van der Waals surface area contributed by atoms with Crippen molar-refractivity contribution in [3.63, 3.8) is 0 Å². The van der Waals surface area contributed by atoms with E-state index in [4.69, 9.17) is 4.74 Å². The summed E-state index contributed by atoms with van der Waals surface area (Å²) in [6.45, 7) is 7.85. The van der Waals surface area contributed by atoms with Crippen molar-refractivity contribution >= 4 is 39.8 Å². The van der Waals surface area contributed by atoms with Crippen molar-refractivity contribution in [3.05, 3.63) is 23.9 Å². The van der Waals surface area contributed by atoms with Crippen LogP contribution in [0.5, 0.6) is 5.88 Å². The number of ether oxygens (including phenoxy) is 1. The van der Waals surface area contributed by atoms with Gasteiger partial charge in [-0.3, -0.25) is 0 Å². The van der Waals surface area contributed by atoms with E-state index in [-0.39, 0.29) is 35.8 Å². The molecule has 0 aliphatic carbocycles. The number of hydrogen-bond acceptors (Lipinski definition) is 5. The predicted molar refractivity (Wildman–Crippen MR) is 117 cm³/mol. The van der Waals surface area contributed by atoms with Gasteiger partial charge in [0, 0.05) is 31.1 Å². The molecule has 0 spiro atoms. The number of halogens is 1. The molecular weight excluding hydrogens is 467 g/mol. The Kier molecular flexibility index (Phi) is 12.6. The average molecular weight is 498 g/mol. The summed E-state index contributed by atoms with van der Waals surface area (Å²) in [6, 6.07) is 3.80. The van der Waals surface area contributed by atoms with Gasteiger partial charge < -0.3 is 15.4 Å². The minimum absolute atomic E-state index is 0. The summed E-state index contributed by atoms with van der Waals surface area (Å²) in [4.78, 5) is 8.78. The van der Waals surface area contributed by atoms with Gasteiger partial charge in [0.05, 0.1) is 18.9 Å². The van der Waals surface area contributed by atoms with Crippen LogP contribution in [0.3, 0.4) is 0 Å². The largest absolute Gasteiger partial charge is 0.478 e. The zero-order valence-electron chi connectivity index (χ0n) is 16.0. The van der Waals surface area contributed by atoms with E-state index >= 15 is 0 Å².